The summed E-state index contributed by atoms with van der Waals surface area (Å²) in [4.78, 5) is 12.9. The highest BCUT2D eigenvalue weighted by molar-refractivity contribution is 7.10. The van der Waals surface area contributed by atoms with Crippen LogP contribution in [0.4, 0.5) is 26.4 Å². The van der Waals surface area contributed by atoms with Gasteiger partial charge in [-0.05, 0) is 66.0 Å². The molecule has 36 heavy (non-hydrogen) atoms. The van der Waals surface area contributed by atoms with Crippen LogP contribution < -0.4 is 20.7 Å². The van der Waals surface area contributed by atoms with E-state index in [9.17, 15) is 19.6 Å². The molecule has 0 spiro atoms. The number of nitrogens with zero attached hydrogens (tertiary/aromatic N) is 2. The summed E-state index contributed by atoms with van der Waals surface area (Å²) >= 11 is 1.16. The third-order valence-corrected chi connectivity index (χ3v) is 6.21. The van der Waals surface area contributed by atoms with Crippen LogP contribution in [0.25, 0.3) is 10.4 Å². The van der Waals surface area contributed by atoms with Gasteiger partial charge >= 0.3 is 6.03 Å². The van der Waals surface area contributed by atoms with E-state index in [1.807, 2.05) is 0 Å². The summed E-state index contributed by atoms with van der Waals surface area (Å²) in [6, 6.07) is 18.0. The number of hydrogen-bond acceptors (Lipinski definition) is 7. The summed E-state index contributed by atoms with van der Waals surface area (Å²) in [5, 5.41) is 28.1. The van der Waals surface area contributed by atoms with Crippen molar-refractivity contribution in [2.24, 2.45) is 0 Å². The smallest absolute Gasteiger partial charge is 0.323 e. The number of nitriles is 1. The molecule has 4 rings (SSSR count). The number of aromatic hydroxyl groups is 1. The van der Waals surface area contributed by atoms with Gasteiger partial charge in [0, 0.05) is 23.9 Å². The van der Waals surface area contributed by atoms with Gasteiger partial charge < -0.3 is 25.8 Å². The molecular weight excluding hydrogens is 481 g/mol. The van der Waals surface area contributed by atoms with E-state index in [1.54, 1.807) is 55.5 Å². The van der Waals surface area contributed by atoms with Crippen LogP contribution in [0.5, 0.6) is 11.5 Å². The Morgan fingerprint density at radius 2 is 1.92 bits per heavy atom. The standard InChI is InChI=1S/C26H22FN5O3S/c1-15-3-10-21(27)22(11-15)31-26(34)30-18-7-4-16(5-8-18)24-20(13-28)25(32-36-24)29-14-17-6-9-19(35-2)12-23(17)33/h3-12,33H,14H2,1-2H3,(H,29,32)(H2,30,31,34). The minimum absolute atomic E-state index is 0.0769. The van der Waals surface area contributed by atoms with Crippen LogP contribution in [0, 0.1) is 24.1 Å². The fraction of sp³-hybridized carbons (Fsp3) is 0.115. The third kappa shape index (κ3) is 5.54. The maximum atomic E-state index is 13.9. The fourth-order valence-corrected chi connectivity index (χ4v) is 4.25. The maximum Gasteiger partial charge on any atom is 0.323 e. The molecule has 0 unspecified atom stereocenters. The van der Waals surface area contributed by atoms with Gasteiger partial charge in [-0.25, -0.2) is 9.18 Å². The third-order valence-electron chi connectivity index (χ3n) is 5.32. The molecule has 0 saturated carbocycles. The van der Waals surface area contributed by atoms with Gasteiger partial charge in [0.15, 0.2) is 5.82 Å². The van der Waals surface area contributed by atoms with Crippen molar-refractivity contribution in [3.63, 3.8) is 0 Å². The van der Waals surface area contributed by atoms with Crippen LogP contribution >= 0.6 is 11.5 Å². The van der Waals surface area contributed by atoms with E-state index >= 15 is 0 Å². The molecule has 10 heteroatoms. The summed E-state index contributed by atoms with van der Waals surface area (Å²) in [6.07, 6.45) is 0. The van der Waals surface area contributed by atoms with Crippen molar-refractivity contribution in [3.8, 4) is 28.0 Å². The number of hydrogen-bond donors (Lipinski definition) is 4. The number of halogens is 1. The Labute approximate surface area is 211 Å². The monoisotopic (exact) mass is 503 g/mol. The number of phenols is 1. The van der Waals surface area contributed by atoms with E-state index in [1.165, 1.54) is 19.2 Å². The summed E-state index contributed by atoms with van der Waals surface area (Å²) in [6.45, 7) is 2.08. The second-order valence-corrected chi connectivity index (χ2v) is 8.61. The van der Waals surface area contributed by atoms with Crippen molar-refractivity contribution in [1.29, 1.82) is 5.26 Å². The molecule has 4 aromatic rings. The fourth-order valence-electron chi connectivity index (χ4n) is 3.44. The Hall–Kier alpha value is -4.62. The molecule has 3 aromatic carbocycles. The van der Waals surface area contributed by atoms with Gasteiger partial charge in [0.1, 0.15) is 28.9 Å². The van der Waals surface area contributed by atoms with Crippen LogP contribution in [-0.4, -0.2) is 22.6 Å². The number of rotatable bonds is 7. The second-order valence-electron chi connectivity index (χ2n) is 7.84. The number of methoxy groups -OCH3 is 1. The Bertz CT molecular complexity index is 1450. The molecule has 0 atom stereocenters. The first-order valence-electron chi connectivity index (χ1n) is 10.8. The largest absolute Gasteiger partial charge is 0.507 e. The normalized spacial score (nSPS) is 10.4. The quantitative estimate of drug-likeness (QED) is 0.242. The summed E-state index contributed by atoms with van der Waals surface area (Å²) in [5.41, 5.74) is 3.18. The zero-order chi connectivity index (χ0) is 25.7. The minimum Gasteiger partial charge on any atom is -0.507 e. The van der Waals surface area contributed by atoms with Crippen molar-refractivity contribution in [1.82, 2.24) is 4.37 Å². The molecule has 182 valence electrons. The van der Waals surface area contributed by atoms with E-state index < -0.39 is 11.8 Å². The van der Waals surface area contributed by atoms with Crippen molar-refractivity contribution < 1.29 is 19.0 Å². The van der Waals surface area contributed by atoms with E-state index in [4.69, 9.17) is 4.74 Å². The molecule has 0 radical (unpaired) electrons. The van der Waals surface area contributed by atoms with Gasteiger partial charge in [0.25, 0.3) is 0 Å². The number of ether oxygens (including phenoxy) is 1. The Morgan fingerprint density at radius 3 is 2.61 bits per heavy atom. The number of aryl methyl sites for hydroxylation is 1. The molecule has 0 aliphatic carbocycles. The van der Waals surface area contributed by atoms with Crippen LogP contribution in [0.2, 0.25) is 0 Å². The molecule has 0 aliphatic heterocycles. The number of benzene rings is 3. The van der Waals surface area contributed by atoms with Crippen LogP contribution in [-0.2, 0) is 6.54 Å². The zero-order valence-electron chi connectivity index (χ0n) is 19.4. The van der Waals surface area contributed by atoms with Crippen molar-refractivity contribution in [2.45, 2.75) is 13.5 Å². The Morgan fingerprint density at radius 1 is 1.14 bits per heavy atom. The Kier molecular flexibility index (Phi) is 7.32. The van der Waals surface area contributed by atoms with Crippen molar-refractivity contribution >= 4 is 34.8 Å². The SMILES string of the molecule is COc1ccc(CNc2nsc(-c3ccc(NC(=O)Nc4cc(C)ccc4F)cc3)c2C#N)c(O)c1. The Balaban J connectivity index is 1.43. The zero-order valence-corrected chi connectivity index (χ0v) is 20.2. The van der Waals surface area contributed by atoms with Crippen molar-refractivity contribution in [2.75, 3.05) is 23.1 Å². The number of urea groups is 1. The lowest BCUT2D eigenvalue weighted by atomic mass is 10.1. The molecule has 0 saturated heterocycles. The first-order valence-corrected chi connectivity index (χ1v) is 11.6. The summed E-state index contributed by atoms with van der Waals surface area (Å²) in [7, 11) is 1.52. The first kappa shape index (κ1) is 24.5. The van der Waals surface area contributed by atoms with Crippen LogP contribution in [0.1, 0.15) is 16.7 Å². The van der Waals surface area contributed by atoms with E-state index in [2.05, 4.69) is 26.4 Å². The molecule has 0 aliphatic rings. The number of amides is 2. The average molecular weight is 504 g/mol. The highest BCUT2D eigenvalue weighted by atomic mass is 32.1. The van der Waals surface area contributed by atoms with Crippen LogP contribution in [0.3, 0.4) is 0 Å². The van der Waals surface area contributed by atoms with Gasteiger partial charge in [-0.2, -0.15) is 9.64 Å². The van der Waals surface area contributed by atoms with E-state index in [-0.39, 0.29) is 18.0 Å². The van der Waals surface area contributed by atoms with E-state index in [0.29, 0.717) is 33.3 Å². The molecule has 1 aromatic heterocycles. The van der Waals surface area contributed by atoms with Gasteiger partial charge in [0.05, 0.1) is 17.7 Å². The number of phenolic OH excluding ortho intramolecular Hbond substituents is 1. The van der Waals surface area contributed by atoms with Gasteiger partial charge in [0.2, 0.25) is 0 Å². The number of carbonyl (C=O) groups excluding carboxylic acids is 1. The summed E-state index contributed by atoms with van der Waals surface area (Å²) in [5.74, 6) is 0.511. The molecule has 8 nitrogen and oxygen atoms in total. The topological polar surface area (TPSA) is 119 Å². The maximum absolute atomic E-state index is 13.9. The van der Waals surface area contributed by atoms with Crippen LogP contribution in [0.15, 0.2) is 60.7 Å². The number of nitrogens with one attached hydrogen (secondary N) is 3. The predicted molar refractivity (Wildman–Crippen MR) is 138 cm³/mol. The second kappa shape index (κ2) is 10.8. The lowest BCUT2D eigenvalue weighted by Gasteiger charge is -2.10. The molecule has 0 fully saturated rings. The van der Waals surface area contributed by atoms with Gasteiger partial charge in [-0.15, -0.1) is 0 Å². The molecule has 2 amide bonds. The summed E-state index contributed by atoms with van der Waals surface area (Å²) < 4.78 is 23.3. The van der Waals surface area contributed by atoms with Crippen molar-refractivity contribution in [3.05, 3.63) is 83.2 Å². The first-order chi connectivity index (χ1) is 17.4. The molecule has 1 heterocycles. The van der Waals surface area contributed by atoms with Gasteiger partial charge in [-0.3, -0.25) is 0 Å². The molecule has 0 bridgehead atoms. The number of anilines is 3. The number of carbonyl (C=O) groups is 1. The molecular formula is C26H22FN5O3S. The predicted octanol–water partition coefficient (Wildman–Crippen LogP) is 6.10. The van der Waals surface area contributed by atoms with E-state index in [0.717, 1.165) is 22.7 Å². The highest BCUT2D eigenvalue weighted by Gasteiger charge is 2.16. The lowest BCUT2D eigenvalue weighted by molar-refractivity contribution is 0.262. The number of aromatic nitrogens is 1. The molecule has 4 N–H and O–H groups in total. The highest BCUT2D eigenvalue weighted by Crippen LogP contribution is 2.34. The minimum atomic E-state index is -0.573. The van der Waals surface area contributed by atoms with Gasteiger partial charge in [-0.1, -0.05) is 18.2 Å². The average Bonchev–Trinajstić information content (AvgIpc) is 3.28. The lowest BCUT2D eigenvalue weighted by Crippen LogP contribution is -2.20.